The van der Waals surface area contributed by atoms with E-state index in [0.717, 1.165) is 4.48 Å². The van der Waals surface area contributed by atoms with Crippen molar-refractivity contribution in [3.63, 3.8) is 0 Å². The van der Waals surface area contributed by atoms with Crippen LogP contribution >= 0.6 is 0 Å². The van der Waals surface area contributed by atoms with Gasteiger partial charge in [0.2, 0.25) is 0 Å². The number of fused-ring (bicyclic) bond motifs is 5. The number of likely N-dealkylation sites (N-methyl/N-ethyl adjacent to an activating group) is 1. The maximum Gasteiger partial charge on any atom is 0.166 e. The van der Waals surface area contributed by atoms with Gasteiger partial charge in [0.1, 0.15) is 0 Å². The second-order valence-corrected chi connectivity index (χ2v) is 7.45. The third-order valence-electron chi connectivity index (χ3n) is 6.45. The van der Waals surface area contributed by atoms with Gasteiger partial charge in [0, 0.05) is 35.7 Å². The first-order chi connectivity index (χ1) is 11.2. The van der Waals surface area contributed by atoms with Gasteiger partial charge >= 0.3 is 0 Å². The first kappa shape index (κ1) is 16.2. The van der Waals surface area contributed by atoms with Crippen LogP contribution in [0, 0.1) is 0 Å². The fraction of sp³-hybridized carbons (Fsp3) is 0.333. The lowest BCUT2D eigenvalue weighted by atomic mass is 9.77. The minimum absolute atomic E-state index is 0. The van der Waals surface area contributed by atoms with Crippen LogP contribution in [0.5, 0.6) is 0 Å². The number of nitrogens with zero attached hydrogens (tertiary/aromatic N) is 1. The maximum atomic E-state index is 3.84. The van der Waals surface area contributed by atoms with E-state index in [1.165, 1.54) is 54.5 Å². The van der Waals surface area contributed by atoms with E-state index in [-0.39, 0.29) is 29.5 Å². The minimum atomic E-state index is 0. The second-order valence-electron chi connectivity index (χ2n) is 7.45. The molecule has 1 aromatic heterocycles. The Morgan fingerprint density at radius 1 is 0.958 bits per heavy atom. The molecule has 1 N–H and O–H groups in total. The van der Waals surface area contributed by atoms with Crippen molar-refractivity contribution >= 4 is 10.9 Å². The van der Waals surface area contributed by atoms with Gasteiger partial charge in [-0.2, -0.15) is 0 Å². The van der Waals surface area contributed by atoms with Gasteiger partial charge in [-0.25, -0.2) is 0 Å². The average molecular weight is 430 g/mol. The SMILES string of the molecule is C[N+]12CCCC1(c1ccccc1)c1[nH]c3ccccc3c1CC2.[I-]. The van der Waals surface area contributed by atoms with Crippen LogP contribution in [-0.4, -0.2) is 29.6 Å². The lowest BCUT2D eigenvalue weighted by Gasteiger charge is -2.49. The summed E-state index contributed by atoms with van der Waals surface area (Å²) in [6, 6.07) is 20.0. The molecule has 2 aliphatic heterocycles. The van der Waals surface area contributed by atoms with E-state index in [9.17, 15) is 0 Å². The van der Waals surface area contributed by atoms with Crippen LogP contribution in [0.3, 0.4) is 0 Å². The number of halogens is 1. The molecule has 0 amide bonds. The highest BCUT2D eigenvalue weighted by molar-refractivity contribution is 5.85. The van der Waals surface area contributed by atoms with Gasteiger partial charge in [-0.15, -0.1) is 0 Å². The number of H-pyrrole nitrogens is 1. The van der Waals surface area contributed by atoms with Gasteiger partial charge in [0.25, 0.3) is 0 Å². The molecule has 2 atom stereocenters. The van der Waals surface area contributed by atoms with Crippen LogP contribution in [0.15, 0.2) is 54.6 Å². The molecule has 1 fully saturated rings. The van der Waals surface area contributed by atoms with Crippen molar-refractivity contribution in [3.8, 4) is 0 Å². The number of aromatic nitrogens is 1. The van der Waals surface area contributed by atoms with Crippen molar-refractivity contribution < 1.29 is 28.5 Å². The number of aromatic amines is 1. The number of rotatable bonds is 1. The van der Waals surface area contributed by atoms with Gasteiger partial charge in [0.15, 0.2) is 5.54 Å². The highest BCUT2D eigenvalue weighted by atomic mass is 127. The van der Waals surface area contributed by atoms with E-state index in [1.54, 1.807) is 5.56 Å². The molecule has 3 aromatic rings. The zero-order valence-electron chi connectivity index (χ0n) is 14.1. The largest absolute Gasteiger partial charge is 1.00 e. The quantitative estimate of drug-likeness (QED) is 0.442. The van der Waals surface area contributed by atoms with Crippen LogP contribution in [-0.2, 0) is 12.0 Å². The Kier molecular flexibility index (Phi) is 3.77. The minimum Gasteiger partial charge on any atom is -1.00 e. The van der Waals surface area contributed by atoms with Crippen LogP contribution in [0.1, 0.15) is 29.7 Å². The van der Waals surface area contributed by atoms with E-state index < -0.39 is 0 Å². The van der Waals surface area contributed by atoms with Gasteiger partial charge in [-0.3, -0.25) is 0 Å². The number of benzene rings is 2. The summed E-state index contributed by atoms with van der Waals surface area (Å²) in [5, 5.41) is 1.43. The molecule has 0 aliphatic carbocycles. The predicted octanol–water partition coefficient (Wildman–Crippen LogP) is 1.21. The lowest BCUT2D eigenvalue weighted by molar-refractivity contribution is -0.950. The Labute approximate surface area is 160 Å². The summed E-state index contributed by atoms with van der Waals surface area (Å²) in [6.07, 6.45) is 3.73. The van der Waals surface area contributed by atoms with E-state index in [4.69, 9.17) is 0 Å². The fourth-order valence-corrected chi connectivity index (χ4v) is 5.33. The molecule has 5 rings (SSSR count). The first-order valence-corrected chi connectivity index (χ1v) is 8.75. The van der Waals surface area contributed by atoms with Gasteiger partial charge < -0.3 is 33.4 Å². The zero-order chi connectivity index (χ0) is 15.5. The maximum absolute atomic E-state index is 3.84. The molecular weight excluding hydrogens is 407 g/mol. The first-order valence-electron chi connectivity index (χ1n) is 8.75. The van der Waals surface area contributed by atoms with Crippen molar-refractivity contribution in [3.05, 3.63) is 71.4 Å². The molecule has 2 unspecified atom stereocenters. The number of nitrogens with one attached hydrogen (secondary N) is 1. The monoisotopic (exact) mass is 430 g/mol. The van der Waals surface area contributed by atoms with E-state index in [2.05, 4.69) is 66.6 Å². The zero-order valence-corrected chi connectivity index (χ0v) is 16.2. The Hall–Kier alpha value is -1.33. The molecule has 3 heterocycles. The summed E-state index contributed by atoms with van der Waals surface area (Å²) in [5.74, 6) is 0. The molecule has 124 valence electrons. The Morgan fingerprint density at radius 3 is 2.54 bits per heavy atom. The van der Waals surface area contributed by atoms with Crippen molar-refractivity contribution in [2.75, 3.05) is 20.1 Å². The van der Waals surface area contributed by atoms with Crippen molar-refractivity contribution in [2.45, 2.75) is 24.8 Å². The van der Waals surface area contributed by atoms with Crippen LogP contribution in [0.2, 0.25) is 0 Å². The summed E-state index contributed by atoms with van der Waals surface area (Å²) in [4.78, 5) is 3.84. The molecule has 2 nitrogen and oxygen atoms in total. The summed E-state index contributed by atoms with van der Waals surface area (Å²) in [6.45, 7) is 2.52. The average Bonchev–Trinajstić information content (AvgIpc) is 3.14. The number of hydrogen-bond donors (Lipinski definition) is 1. The number of quaternary nitrogens is 1. The Balaban J connectivity index is 0.00000146. The van der Waals surface area contributed by atoms with Crippen LogP contribution in [0.4, 0.5) is 0 Å². The topological polar surface area (TPSA) is 15.8 Å². The van der Waals surface area contributed by atoms with Gasteiger partial charge in [-0.1, -0.05) is 48.5 Å². The van der Waals surface area contributed by atoms with Crippen LogP contribution < -0.4 is 24.0 Å². The normalized spacial score (nSPS) is 28.2. The molecule has 0 bridgehead atoms. The standard InChI is InChI=1S/C21H23N2.HI/c1-23-14-7-13-21(23,16-8-3-2-4-9-16)20-18(12-15-23)17-10-5-6-11-19(17)22-20;/h2-6,8-11,22H,7,12-15H2,1H3;1H/q+1;/p-1. The molecular formula is C21H23IN2. The van der Waals surface area contributed by atoms with Gasteiger partial charge in [0.05, 0.1) is 25.8 Å². The predicted molar refractivity (Wildman–Crippen MR) is 94.4 cm³/mol. The van der Waals surface area contributed by atoms with E-state index in [1.807, 2.05) is 0 Å². The fourth-order valence-electron chi connectivity index (χ4n) is 5.33. The Bertz CT molecular complexity index is 885. The van der Waals surface area contributed by atoms with Crippen molar-refractivity contribution in [1.82, 2.24) is 4.98 Å². The van der Waals surface area contributed by atoms with Crippen molar-refractivity contribution in [2.24, 2.45) is 0 Å². The Morgan fingerprint density at radius 2 is 1.71 bits per heavy atom. The van der Waals surface area contributed by atoms with E-state index >= 15 is 0 Å². The molecule has 2 aromatic carbocycles. The molecule has 2 aliphatic rings. The highest BCUT2D eigenvalue weighted by Crippen LogP contribution is 2.53. The third kappa shape index (κ3) is 1.91. The smallest absolute Gasteiger partial charge is 0.166 e. The second kappa shape index (κ2) is 5.60. The molecule has 0 radical (unpaired) electrons. The summed E-state index contributed by atoms with van der Waals surface area (Å²) >= 11 is 0. The number of para-hydroxylation sites is 1. The molecule has 0 spiro atoms. The lowest BCUT2D eigenvalue weighted by Crippen LogP contribution is -3.00. The molecule has 3 heteroatoms. The summed E-state index contributed by atoms with van der Waals surface area (Å²) in [7, 11) is 2.47. The summed E-state index contributed by atoms with van der Waals surface area (Å²) in [5.41, 5.74) is 5.92. The van der Waals surface area contributed by atoms with Gasteiger partial charge in [-0.05, 0) is 11.6 Å². The molecule has 24 heavy (non-hydrogen) atoms. The van der Waals surface area contributed by atoms with Crippen molar-refractivity contribution in [1.29, 1.82) is 0 Å². The molecule has 0 saturated carbocycles. The van der Waals surface area contributed by atoms with Crippen LogP contribution in [0.25, 0.3) is 10.9 Å². The third-order valence-corrected chi connectivity index (χ3v) is 6.45. The highest BCUT2D eigenvalue weighted by Gasteiger charge is 2.58. The number of hydrogen-bond acceptors (Lipinski definition) is 0. The summed E-state index contributed by atoms with van der Waals surface area (Å²) < 4.78 is 1.15. The van der Waals surface area contributed by atoms with E-state index in [0.29, 0.717) is 0 Å². The molecule has 1 saturated heterocycles.